The monoisotopic (exact) mass is 446 g/mol. The predicted molar refractivity (Wildman–Crippen MR) is 118 cm³/mol. The minimum Gasteiger partial charge on any atom is -0.801 e. The Balaban J connectivity index is 0. The van der Waals surface area contributed by atoms with Crippen LogP contribution in [0, 0.1) is 0 Å². The van der Waals surface area contributed by atoms with Gasteiger partial charge in [0, 0.05) is 13.7 Å². The van der Waals surface area contributed by atoms with Gasteiger partial charge < -0.3 is 19.3 Å². The number of ether oxygens (including phenoxy) is 2. The van der Waals surface area contributed by atoms with E-state index in [0.717, 1.165) is 6.42 Å². The van der Waals surface area contributed by atoms with Gasteiger partial charge >= 0.3 is 29.6 Å². The Morgan fingerprint density at radius 2 is 1.29 bits per heavy atom. The van der Waals surface area contributed by atoms with Crippen molar-refractivity contribution in [3.63, 3.8) is 0 Å². The zero-order valence-corrected chi connectivity index (χ0v) is 22.5. The fourth-order valence-electron chi connectivity index (χ4n) is 3.25. The first-order valence-corrected chi connectivity index (χ1v) is 14.0. The van der Waals surface area contributed by atoms with Gasteiger partial charge in [-0.2, -0.15) is 0 Å². The number of hydrogen-bond donors (Lipinski definition) is 1. The Morgan fingerprint density at radius 3 is 1.68 bits per heavy atom. The molecule has 0 amide bonds. The summed E-state index contributed by atoms with van der Waals surface area (Å²) < 4.78 is 10.9. The molecule has 1 N–H and O–H groups in total. The summed E-state index contributed by atoms with van der Waals surface area (Å²) in [6.07, 6.45) is 19.3. The minimum absolute atomic E-state index is 0. The number of methoxy groups -OCH3 is 1. The molecule has 0 aliphatic rings. The van der Waals surface area contributed by atoms with Crippen molar-refractivity contribution in [3.8, 4) is 0 Å². The second kappa shape index (κ2) is 23.2. The molecule has 7 heteroatoms. The number of rotatable bonds is 21. The molecule has 0 aliphatic carbocycles. The smallest absolute Gasteiger partial charge is 0.801 e. The van der Waals surface area contributed by atoms with Crippen LogP contribution in [0.1, 0.15) is 103 Å². The normalized spacial score (nSPS) is 14.4. The van der Waals surface area contributed by atoms with Crippen LogP contribution in [0.15, 0.2) is 0 Å². The molecule has 0 heterocycles. The van der Waals surface area contributed by atoms with Crippen molar-refractivity contribution < 1.29 is 48.8 Å². The first-order chi connectivity index (χ1) is 13.0. The molecular weight excluding hydrogens is 402 g/mol. The summed E-state index contributed by atoms with van der Waals surface area (Å²) in [6, 6.07) is 0. The van der Waals surface area contributed by atoms with Gasteiger partial charge in [0.15, 0.2) is 0 Å². The summed E-state index contributed by atoms with van der Waals surface area (Å²) in [5.74, 6) is 0. The summed E-state index contributed by atoms with van der Waals surface area (Å²) in [6.45, 7) is 0.0457. The van der Waals surface area contributed by atoms with E-state index in [9.17, 15) is 9.79 Å². The van der Waals surface area contributed by atoms with Crippen LogP contribution in [0.25, 0.3) is 0 Å². The van der Waals surface area contributed by atoms with E-state index in [-0.39, 0.29) is 41.8 Å². The standard InChI is InChI=1S/C21H45O4PS.Na/c1-3-4-5-6-7-8-9-10-11-12-13-14-15-16-18-25-21(20-24-2)17-19-26(22,23)27;/h21H,3-20H2,1-2H3,(H2,22,23,27);/q;+1/p-1. The van der Waals surface area contributed by atoms with Gasteiger partial charge in [-0.3, -0.25) is 0 Å². The maximum absolute atomic E-state index is 11.2. The molecule has 0 rings (SSSR count). The van der Waals surface area contributed by atoms with Crippen LogP contribution < -0.4 is 34.5 Å². The quantitative estimate of drug-likeness (QED) is 0.167. The van der Waals surface area contributed by atoms with Crippen molar-refractivity contribution in [3.05, 3.63) is 0 Å². The Hall–Kier alpha value is 1.49. The molecule has 4 nitrogen and oxygen atoms in total. The second-order valence-electron chi connectivity index (χ2n) is 7.69. The van der Waals surface area contributed by atoms with E-state index in [1.807, 2.05) is 0 Å². The van der Waals surface area contributed by atoms with E-state index >= 15 is 0 Å². The molecule has 2 atom stereocenters. The molecule has 2 unspecified atom stereocenters. The Labute approximate surface area is 202 Å². The third-order valence-electron chi connectivity index (χ3n) is 4.94. The Morgan fingerprint density at radius 1 is 0.857 bits per heavy atom. The summed E-state index contributed by atoms with van der Waals surface area (Å²) in [7, 11) is 1.62. The van der Waals surface area contributed by atoms with Crippen LogP contribution in [0.5, 0.6) is 0 Å². The molecule has 0 aromatic rings. The predicted octanol–water partition coefficient (Wildman–Crippen LogP) is 2.56. The SMILES string of the molecule is CCCCCCCCCCCCCCCCOC(CCP([O-])(O)=S)COC.[Na+]. The van der Waals surface area contributed by atoms with E-state index < -0.39 is 6.49 Å². The second-order valence-corrected chi connectivity index (χ2v) is 11.1. The van der Waals surface area contributed by atoms with Crippen LogP contribution in [-0.2, 0) is 21.3 Å². The first-order valence-electron chi connectivity index (χ1n) is 11.1. The third-order valence-corrected chi connectivity index (χ3v) is 6.31. The summed E-state index contributed by atoms with van der Waals surface area (Å²) in [4.78, 5) is 20.4. The maximum atomic E-state index is 11.2. The van der Waals surface area contributed by atoms with Crippen molar-refractivity contribution in [2.45, 2.75) is 109 Å². The van der Waals surface area contributed by atoms with Crippen molar-refractivity contribution in [2.75, 3.05) is 26.5 Å². The van der Waals surface area contributed by atoms with Gasteiger partial charge in [0.1, 0.15) is 0 Å². The molecule has 0 aliphatic heterocycles. The Bertz CT molecular complexity index is 355. The number of unbranched alkanes of at least 4 members (excludes halogenated alkanes) is 13. The molecule has 164 valence electrons. The van der Waals surface area contributed by atoms with E-state index in [2.05, 4.69) is 18.7 Å². The van der Waals surface area contributed by atoms with E-state index in [0.29, 0.717) is 19.6 Å². The van der Waals surface area contributed by atoms with Crippen LogP contribution >= 0.6 is 6.49 Å². The van der Waals surface area contributed by atoms with Gasteiger partial charge in [-0.15, -0.1) is 0 Å². The molecule has 0 bridgehead atoms. The van der Waals surface area contributed by atoms with Crippen LogP contribution in [0.3, 0.4) is 0 Å². The summed E-state index contributed by atoms with van der Waals surface area (Å²) in [5.41, 5.74) is 0. The average molecular weight is 447 g/mol. The fourth-order valence-corrected chi connectivity index (χ4v) is 4.18. The molecule has 0 spiro atoms. The van der Waals surface area contributed by atoms with Gasteiger partial charge in [0.2, 0.25) is 0 Å². The molecule has 0 aromatic heterocycles. The Kier molecular flexibility index (Phi) is 26.2. The fraction of sp³-hybridized carbons (Fsp3) is 1.00. The molecule has 0 saturated heterocycles. The first kappa shape index (κ1) is 31.7. The van der Waals surface area contributed by atoms with Gasteiger partial charge in [0.25, 0.3) is 0 Å². The maximum Gasteiger partial charge on any atom is 1.00 e. The summed E-state index contributed by atoms with van der Waals surface area (Å²) >= 11 is 4.55. The molecular formula is C21H44NaO4PS. The minimum atomic E-state index is -3.37. The van der Waals surface area contributed by atoms with Crippen molar-refractivity contribution in [2.24, 2.45) is 0 Å². The zero-order valence-electron chi connectivity index (χ0n) is 18.8. The molecule has 0 fully saturated rings. The zero-order chi connectivity index (χ0) is 20.2. The van der Waals surface area contributed by atoms with Gasteiger partial charge in [0.05, 0.1) is 12.7 Å². The molecule has 0 radical (unpaired) electrons. The van der Waals surface area contributed by atoms with Gasteiger partial charge in [-0.1, -0.05) is 102 Å². The van der Waals surface area contributed by atoms with Crippen LogP contribution in [-0.4, -0.2) is 37.5 Å². The molecule has 0 saturated carbocycles. The van der Waals surface area contributed by atoms with Crippen molar-refractivity contribution >= 4 is 18.3 Å². The topological polar surface area (TPSA) is 61.8 Å². The van der Waals surface area contributed by atoms with Crippen molar-refractivity contribution in [1.82, 2.24) is 0 Å². The van der Waals surface area contributed by atoms with Crippen LogP contribution in [0.4, 0.5) is 0 Å². The number of hydrogen-bond acceptors (Lipinski definition) is 4. The van der Waals surface area contributed by atoms with E-state index in [4.69, 9.17) is 9.47 Å². The van der Waals surface area contributed by atoms with Gasteiger partial charge in [-0.05, 0) is 25.5 Å². The van der Waals surface area contributed by atoms with Crippen molar-refractivity contribution in [1.29, 1.82) is 0 Å². The van der Waals surface area contributed by atoms with Crippen LogP contribution in [0.2, 0.25) is 0 Å². The average Bonchev–Trinajstić information content (AvgIpc) is 2.62. The van der Waals surface area contributed by atoms with E-state index in [1.54, 1.807) is 7.11 Å². The molecule has 28 heavy (non-hydrogen) atoms. The third kappa shape index (κ3) is 25.5. The largest absolute Gasteiger partial charge is 1.00 e. The van der Waals surface area contributed by atoms with Gasteiger partial charge in [-0.25, -0.2) is 0 Å². The molecule has 0 aromatic carbocycles. The van der Waals surface area contributed by atoms with E-state index in [1.165, 1.54) is 83.5 Å². The summed E-state index contributed by atoms with van der Waals surface area (Å²) in [5, 5.41) is 0.